The van der Waals surface area contributed by atoms with Gasteiger partial charge >= 0.3 is 5.97 Å². The van der Waals surface area contributed by atoms with Crippen molar-refractivity contribution in [2.45, 2.75) is 30.9 Å². The summed E-state index contributed by atoms with van der Waals surface area (Å²) in [6, 6.07) is 2.99. The number of non-ortho nitro benzene ring substituents is 1. The van der Waals surface area contributed by atoms with E-state index in [4.69, 9.17) is 14.6 Å². The van der Waals surface area contributed by atoms with Gasteiger partial charge in [0.2, 0.25) is 0 Å². The van der Waals surface area contributed by atoms with Gasteiger partial charge in [-0.3, -0.25) is 14.9 Å². The quantitative estimate of drug-likeness (QED) is 0.620. The number of nitro benzene ring substituents is 1. The van der Waals surface area contributed by atoms with Crippen molar-refractivity contribution in [1.82, 2.24) is 5.32 Å². The van der Waals surface area contributed by atoms with Gasteiger partial charge in [-0.2, -0.15) is 0 Å². The average Bonchev–Trinajstić information content (AvgIpc) is 3.01. The number of carbonyl (C=O) groups excluding carboxylic acids is 1. The lowest BCUT2D eigenvalue weighted by atomic mass is 9.89. The second-order valence-corrected chi connectivity index (χ2v) is 6.33. The van der Waals surface area contributed by atoms with Crippen LogP contribution in [0.25, 0.3) is 0 Å². The largest absolute Gasteiger partial charge is 0.478 e. The van der Waals surface area contributed by atoms with Gasteiger partial charge in [-0.05, 0) is 18.9 Å². The number of benzene rings is 1. The minimum atomic E-state index is -1.33. The number of carboxylic acids is 1. The lowest BCUT2D eigenvalue weighted by Gasteiger charge is -2.37. The van der Waals surface area contributed by atoms with Gasteiger partial charge in [0.25, 0.3) is 11.6 Å². The Labute approximate surface area is 143 Å². The van der Waals surface area contributed by atoms with Gasteiger partial charge in [-0.1, -0.05) is 0 Å². The smallest absolute Gasteiger partial charge is 0.335 e. The molecule has 134 valence electrons. The summed E-state index contributed by atoms with van der Waals surface area (Å²) in [7, 11) is 0. The maximum Gasteiger partial charge on any atom is 0.335 e. The second-order valence-electron chi connectivity index (χ2n) is 6.33. The van der Waals surface area contributed by atoms with Crippen molar-refractivity contribution in [3.63, 3.8) is 0 Å². The molecule has 0 saturated carbocycles. The number of amides is 1. The maximum atomic E-state index is 12.5. The Balaban J connectivity index is 1.76. The zero-order chi connectivity index (χ0) is 18.0. The van der Waals surface area contributed by atoms with Gasteiger partial charge in [0.1, 0.15) is 0 Å². The molecule has 2 fully saturated rings. The number of nitrogens with zero attached hydrogens (tertiary/aromatic N) is 1. The Bertz CT molecular complexity index is 680. The lowest BCUT2D eigenvalue weighted by molar-refractivity contribution is -0.384. The Morgan fingerprint density at radius 3 is 2.68 bits per heavy atom. The summed E-state index contributed by atoms with van der Waals surface area (Å²) in [5.41, 5.74) is -1.16. The third kappa shape index (κ3) is 3.77. The van der Waals surface area contributed by atoms with Crippen LogP contribution in [0.5, 0.6) is 0 Å². The number of carboxylic acid groups (broad SMARTS) is 1. The predicted octanol–water partition coefficient (Wildman–Crippen LogP) is 1.36. The summed E-state index contributed by atoms with van der Waals surface area (Å²) in [4.78, 5) is 33.8. The molecule has 2 aliphatic heterocycles. The standard InChI is InChI=1S/C16H18N2O7/c19-14(10-5-11(15(20)21)7-13(6-10)18(22)23)17-12-1-3-25-16(8-12)2-4-24-9-16/h5-7,12H,1-4,8-9H2,(H,17,19)(H,20,21). The van der Waals surface area contributed by atoms with Crippen LogP contribution in [0.2, 0.25) is 0 Å². The Hall–Kier alpha value is -2.52. The summed E-state index contributed by atoms with van der Waals surface area (Å²) >= 11 is 0. The molecule has 0 radical (unpaired) electrons. The van der Waals surface area contributed by atoms with E-state index in [9.17, 15) is 19.7 Å². The highest BCUT2D eigenvalue weighted by Crippen LogP contribution is 2.33. The van der Waals surface area contributed by atoms with Crippen molar-refractivity contribution in [2.75, 3.05) is 19.8 Å². The number of nitro groups is 1. The van der Waals surface area contributed by atoms with Crippen molar-refractivity contribution in [3.05, 3.63) is 39.4 Å². The van der Waals surface area contributed by atoms with E-state index in [1.165, 1.54) is 0 Å². The van der Waals surface area contributed by atoms with E-state index in [1.807, 2.05) is 0 Å². The van der Waals surface area contributed by atoms with Crippen LogP contribution in [-0.2, 0) is 9.47 Å². The number of rotatable bonds is 4. The maximum absolute atomic E-state index is 12.5. The van der Waals surface area contributed by atoms with Gasteiger partial charge in [-0.25, -0.2) is 4.79 Å². The number of hydrogen-bond donors (Lipinski definition) is 2. The van der Waals surface area contributed by atoms with Crippen molar-refractivity contribution in [3.8, 4) is 0 Å². The molecule has 25 heavy (non-hydrogen) atoms. The fourth-order valence-electron chi connectivity index (χ4n) is 3.25. The van der Waals surface area contributed by atoms with E-state index in [2.05, 4.69) is 5.32 Å². The molecule has 3 rings (SSSR count). The molecule has 9 heteroatoms. The molecule has 2 N–H and O–H groups in total. The van der Waals surface area contributed by atoms with Crippen LogP contribution in [0.1, 0.15) is 40.0 Å². The molecule has 0 aliphatic carbocycles. The highest BCUT2D eigenvalue weighted by Gasteiger charge is 2.41. The minimum Gasteiger partial charge on any atom is -0.478 e. The zero-order valence-corrected chi connectivity index (χ0v) is 13.4. The first-order valence-corrected chi connectivity index (χ1v) is 7.94. The van der Waals surface area contributed by atoms with Crippen LogP contribution >= 0.6 is 0 Å². The van der Waals surface area contributed by atoms with Gasteiger partial charge < -0.3 is 19.9 Å². The normalized spacial score (nSPS) is 25.7. The molecule has 1 aromatic carbocycles. The van der Waals surface area contributed by atoms with Gasteiger partial charge in [-0.15, -0.1) is 0 Å². The van der Waals surface area contributed by atoms with Crippen molar-refractivity contribution < 1.29 is 29.1 Å². The Morgan fingerprint density at radius 1 is 1.28 bits per heavy atom. The molecule has 2 unspecified atom stereocenters. The minimum absolute atomic E-state index is 0.0465. The van der Waals surface area contributed by atoms with E-state index in [0.717, 1.165) is 24.6 Å². The van der Waals surface area contributed by atoms with Crippen LogP contribution < -0.4 is 5.32 Å². The number of aromatic carboxylic acids is 1. The molecule has 0 aromatic heterocycles. The molecule has 0 bridgehead atoms. The molecular weight excluding hydrogens is 332 g/mol. The SMILES string of the molecule is O=C(O)c1cc(C(=O)NC2CCOC3(CCOC3)C2)cc([N+](=O)[O-])c1. The van der Waals surface area contributed by atoms with E-state index < -0.39 is 22.5 Å². The molecule has 2 saturated heterocycles. The lowest BCUT2D eigenvalue weighted by Crippen LogP contribution is -2.49. The summed E-state index contributed by atoms with van der Waals surface area (Å²) in [5, 5.41) is 22.9. The monoisotopic (exact) mass is 350 g/mol. The number of nitrogens with one attached hydrogen (secondary N) is 1. The second kappa shape index (κ2) is 6.77. The molecule has 9 nitrogen and oxygen atoms in total. The van der Waals surface area contributed by atoms with Crippen molar-refractivity contribution in [1.29, 1.82) is 0 Å². The molecule has 1 aromatic rings. The third-order valence-corrected chi connectivity index (χ3v) is 4.53. The van der Waals surface area contributed by atoms with Crippen molar-refractivity contribution >= 4 is 17.6 Å². The van der Waals surface area contributed by atoms with E-state index in [-0.39, 0.29) is 22.8 Å². The predicted molar refractivity (Wildman–Crippen MR) is 84.7 cm³/mol. The number of ether oxygens (including phenoxy) is 2. The van der Waals surface area contributed by atoms with E-state index in [1.54, 1.807) is 0 Å². The molecule has 2 heterocycles. The van der Waals surface area contributed by atoms with Crippen LogP contribution in [0.3, 0.4) is 0 Å². The molecule has 2 aliphatic rings. The Morgan fingerprint density at radius 2 is 2.04 bits per heavy atom. The fraction of sp³-hybridized carbons (Fsp3) is 0.500. The first-order valence-electron chi connectivity index (χ1n) is 7.94. The highest BCUT2D eigenvalue weighted by atomic mass is 16.6. The molecular formula is C16H18N2O7. The summed E-state index contributed by atoms with van der Waals surface area (Å²) < 4.78 is 11.2. The number of hydrogen-bond acceptors (Lipinski definition) is 6. The van der Waals surface area contributed by atoms with E-state index in [0.29, 0.717) is 32.7 Å². The van der Waals surface area contributed by atoms with Crippen LogP contribution in [0.4, 0.5) is 5.69 Å². The van der Waals surface area contributed by atoms with Crippen LogP contribution in [0, 0.1) is 10.1 Å². The zero-order valence-electron chi connectivity index (χ0n) is 13.4. The summed E-state index contributed by atoms with van der Waals surface area (Å²) in [6.07, 6.45) is 1.98. The van der Waals surface area contributed by atoms with Gasteiger partial charge in [0, 0.05) is 43.4 Å². The van der Waals surface area contributed by atoms with Crippen molar-refractivity contribution in [2.24, 2.45) is 0 Å². The first kappa shape index (κ1) is 17.3. The van der Waals surface area contributed by atoms with Crippen LogP contribution in [0.15, 0.2) is 18.2 Å². The molecule has 2 atom stereocenters. The number of carbonyl (C=O) groups is 2. The average molecular weight is 350 g/mol. The van der Waals surface area contributed by atoms with Gasteiger partial charge in [0.15, 0.2) is 0 Å². The topological polar surface area (TPSA) is 128 Å². The Kier molecular flexibility index (Phi) is 4.69. The first-order chi connectivity index (χ1) is 11.9. The summed E-state index contributed by atoms with van der Waals surface area (Å²) in [5.74, 6) is -1.86. The highest BCUT2D eigenvalue weighted by molar-refractivity contribution is 5.98. The summed E-state index contributed by atoms with van der Waals surface area (Å²) in [6.45, 7) is 1.59. The molecule has 1 spiro atoms. The fourth-order valence-corrected chi connectivity index (χ4v) is 3.25. The van der Waals surface area contributed by atoms with E-state index >= 15 is 0 Å². The van der Waals surface area contributed by atoms with Gasteiger partial charge in [0.05, 0.1) is 22.7 Å². The molecule has 1 amide bonds. The third-order valence-electron chi connectivity index (χ3n) is 4.53. The van der Waals surface area contributed by atoms with Crippen LogP contribution in [-0.4, -0.2) is 53.4 Å².